The summed E-state index contributed by atoms with van der Waals surface area (Å²) in [5.41, 5.74) is 2.04. The molecule has 0 saturated heterocycles. The molecule has 0 spiro atoms. The number of hydrogen-bond acceptors (Lipinski definition) is 5. The second-order valence-corrected chi connectivity index (χ2v) is 6.70. The Labute approximate surface area is 174 Å². The maximum Gasteiger partial charge on any atom is 0.162 e. The average molecular weight is 446 g/mol. The first-order valence-electron chi connectivity index (χ1n) is 9.01. The highest BCUT2D eigenvalue weighted by atomic mass is 79.9. The number of nitrogens with zero attached hydrogens (tertiary/aromatic N) is 1. The molecule has 0 aliphatic heterocycles. The molecule has 0 fully saturated rings. The van der Waals surface area contributed by atoms with Crippen molar-refractivity contribution in [2.24, 2.45) is 0 Å². The molecule has 6 heteroatoms. The van der Waals surface area contributed by atoms with E-state index in [4.69, 9.17) is 18.9 Å². The summed E-state index contributed by atoms with van der Waals surface area (Å²) in [5, 5.41) is 9.70. The van der Waals surface area contributed by atoms with Crippen molar-refractivity contribution in [3.63, 3.8) is 0 Å². The van der Waals surface area contributed by atoms with Crippen molar-refractivity contribution in [3.05, 3.63) is 45.9 Å². The van der Waals surface area contributed by atoms with Gasteiger partial charge in [-0.1, -0.05) is 22.9 Å². The zero-order valence-electron chi connectivity index (χ0n) is 16.5. The van der Waals surface area contributed by atoms with E-state index >= 15 is 0 Å². The SMILES string of the molecule is CCCOc1cc(Br)c(/C=C(\C#N)c2ccc(OC)c(OC)c2)cc1OCC. The van der Waals surface area contributed by atoms with Crippen LogP contribution < -0.4 is 18.9 Å². The molecule has 0 heterocycles. The highest BCUT2D eigenvalue weighted by molar-refractivity contribution is 9.10. The molecule has 0 radical (unpaired) electrons. The van der Waals surface area contributed by atoms with Gasteiger partial charge in [-0.15, -0.1) is 0 Å². The lowest BCUT2D eigenvalue weighted by Crippen LogP contribution is -2.00. The average Bonchev–Trinajstić information content (AvgIpc) is 2.72. The van der Waals surface area contributed by atoms with Crippen LogP contribution in [0.15, 0.2) is 34.8 Å². The summed E-state index contributed by atoms with van der Waals surface area (Å²) in [6.07, 6.45) is 2.71. The lowest BCUT2D eigenvalue weighted by molar-refractivity contribution is 0.276. The van der Waals surface area contributed by atoms with Crippen LogP contribution in [0.1, 0.15) is 31.4 Å². The molecule has 28 heavy (non-hydrogen) atoms. The molecule has 0 atom stereocenters. The van der Waals surface area contributed by atoms with Crippen molar-refractivity contribution in [1.29, 1.82) is 5.26 Å². The second kappa shape index (κ2) is 10.6. The number of methoxy groups -OCH3 is 2. The molecule has 2 rings (SSSR count). The lowest BCUT2D eigenvalue weighted by atomic mass is 10.0. The van der Waals surface area contributed by atoms with Gasteiger partial charge in [-0.2, -0.15) is 5.26 Å². The minimum atomic E-state index is 0.492. The van der Waals surface area contributed by atoms with Gasteiger partial charge in [0.25, 0.3) is 0 Å². The Bertz CT molecular complexity index is 887. The normalized spacial score (nSPS) is 10.9. The summed E-state index contributed by atoms with van der Waals surface area (Å²) >= 11 is 3.57. The zero-order chi connectivity index (χ0) is 20.5. The summed E-state index contributed by atoms with van der Waals surface area (Å²) in [7, 11) is 3.14. The van der Waals surface area contributed by atoms with Gasteiger partial charge in [-0.25, -0.2) is 0 Å². The van der Waals surface area contributed by atoms with Crippen molar-refractivity contribution in [1.82, 2.24) is 0 Å². The van der Waals surface area contributed by atoms with Gasteiger partial charge in [0, 0.05) is 4.47 Å². The standard InChI is InChI=1S/C22H24BrNO4/c1-5-9-28-22-13-18(23)16(12-21(22)27-6-2)10-17(14-24)15-7-8-19(25-3)20(11-15)26-4/h7-8,10-13H,5-6,9H2,1-4H3/b17-10+. The molecule has 0 aromatic heterocycles. The molecule has 2 aromatic carbocycles. The molecule has 0 saturated carbocycles. The summed E-state index contributed by atoms with van der Waals surface area (Å²) in [6.45, 7) is 5.10. The predicted molar refractivity (Wildman–Crippen MR) is 114 cm³/mol. The first-order valence-corrected chi connectivity index (χ1v) is 9.80. The van der Waals surface area contributed by atoms with Crippen LogP contribution in [-0.4, -0.2) is 27.4 Å². The van der Waals surface area contributed by atoms with Crippen LogP contribution >= 0.6 is 15.9 Å². The molecule has 0 aliphatic carbocycles. The van der Waals surface area contributed by atoms with E-state index in [1.807, 2.05) is 25.1 Å². The second-order valence-electron chi connectivity index (χ2n) is 5.84. The van der Waals surface area contributed by atoms with Gasteiger partial charge in [0.05, 0.1) is 39.1 Å². The van der Waals surface area contributed by atoms with E-state index in [1.54, 1.807) is 32.4 Å². The Kier molecular flexibility index (Phi) is 8.21. The lowest BCUT2D eigenvalue weighted by Gasteiger charge is -2.14. The zero-order valence-corrected chi connectivity index (χ0v) is 18.1. The Morgan fingerprint density at radius 2 is 1.71 bits per heavy atom. The highest BCUT2D eigenvalue weighted by Crippen LogP contribution is 2.36. The Hall–Kier alpha value is -2.65. The number of halogens is 1. The largest absolute Gasteiger partial charge is 0.493 e. The molecule has 148 valence electrons. The van der Waals surface area contributed by atoms with E-state index in [0.29, 0.717) is 41.8 Å². The van der Waals surface area contributed by atoms with E-state index in [2.05, 4.69) is 28.9 Å². The van der Waals surface area contributed by atoms with Crippen LogP contribution in [0.5, 0.6) is 23.0 Å². The monoisotopic (exact) mass is 445 g/mol. The number of ether oxygens (including phenoxy) is 4. The quantitative estimate of drug-likeness (QED) is 0.364. The fourth-order valence-corrected chi connectivity index (χ4v) is 3.03. The molecular formula is C22H24BrNO4. The van der Waals surface area contributed by atoms with Crippen LogP contribution in [-0.2, 0) is 0 Å². The minimum absolute atomic E-state index is 0.492. The third kappa shape index (κ3) is 5.20. The fraction of sp³-hybridized carbons (Fsp3) is 0.318. The van der Waals surface area contributed by atoms with E-state index in [1.165, 1.54) is 0 Å². The molecular weight excluding hydrogens is 422 g/mol. The van der Waals surface area contributed by atoms with Gasteiger partial charge in [-0.05, 0) is 60.9 Å². The van der Waals surface area contributed by atoms with Gasteiger partial charge < -0.3 is 18.9 Å². The Balaban J connectivity index is 2.49. The number of hydrogen-bond donors (Lipinski definition) is 0. The van der Waals surface area contributed by atoms with E-state index in [0.717, 1.165) is 22.0 Å². The van der Waals surface area contributed by atoms with Crippen molar-refractivity contribution in [2.75, 3.05) is 27.4 Å². The predicted octanol–water partition coefficient (Wildman–Crippen LogP) is 5.72. The van der Waals surface area contributed by atoms with Crippen LogP contribution in [0.25, 0.3) is 11.6 Å². The maximum absolute atomic E-state index is 9.70. The third-order valence-corrected chi connectivity index (χ3v) is 4.63. The van der Waals surface area contributed by atoms with Crippen LogP contribution in [0, 0.1) is 11.3 Å². The van der Waals surface area contributed by atoms with Gasteiger partial charge >= 0.3 is 0 Å². The first-order chi connectivity index (χ1) is 13.6. The van der Waals surface area contributed by atoms with Gasteiger partial charge in [0.1, 0.15) is 0 Å². The molecule has 2 aromatic rings. The molecule has 0 bridgehead atoms. The summed E-state index contributed by atoms with van der Waals surface area (Å²) in [4.78, 5) is 0. The highest BCUT2D eigenvalue weighted by Gasteiger charge is 2.13. The first kappa shape index (κ1) is 21.6. The van der Waals surface area contributed by atoms with E-state index in [-0.39, 0.29) is 0 Å². The van der Waals surface area contributed by atoms with E-state index in [9.17, 15) is 5.26 Å². The van der Waals surface area contributed by atoms with Crippen LogP contribution in [0.4, 0.5) is 0 Å². The fourth-order valence-electron chi connectivity index (χ4n) is 2.59. The van der Waals surface area contributed by atoms with E-state index < -0.39 is 0 Å². The Morgan fingerprint density at radius 1 is 1.00 bits per heavy atom. The van der Waals surface area contributed by atoms with Gasteiger partial charge in [0.2, 0.25) is 0 Å². The van der Waals surface area contributed by atoms with Crippen LogP contribution in [0.2, 0.25) is 0 Å². The molecule has 5 nitrogen and oxygen atoms in total. The topological polar surface area (TPSA) is 60.7 Å². The summed E-state index contributed by atoms with van der Waals surface area (Å²) in [5.74, 6) is 2.51. The number of nitriles is 1. The summed E-state index contributed by atoms with van der Waals surface area (Å²) < 4.78 is 22.9. The Morgan fingerprint density at radius 3 is 2.32 bits per heavy atom. The van der Waals surface area contributed by atoms with Crippen molar-refractivity contribution in [2.45, 2.75) is 20.3 Å². The van der Waals surface area contributed by atoms with Crippen LogP contribution in [0.3, 0.4) is 0 Å². The molecule has 0 unspecified atom stereocenters. The van der Waals surface area contributed by atoms with Crippen molar-refractivity contribution in [3.8, 4) is 29.1 Å². The summed E-state index contributed by atoms with van der Waals surface area (Å²) in [6, 6.07) is 11.4. The van der Waals surface area contributed by atoms with Gasteiger partial charge in [-0.3, -0.25) is 0 Å². The van der Waals surface area contributed by atoms with Gasteiger partial charge in [0.15, 0.2) is 23.0 Å². The molecule has 0 N–H and O–H groups in total. The minimum Gasteiger partial charge on any atom is -0.493 e. The molecule has 0 amide bonds. The smallest absolute Gasteiger partial charge is 0.162 e. The third-order valence-electron chi connectivity index (χ3n) is 3.94. The number of rotatable bonds is 9. The molecule has 0 aliphatic rings. The number of benzene rings is 2. The van der Waals surface area contributed by atoms with Crippen molar-refractivity contribution < 1.29 is 18.9 Å². The maximum atomic E-state index is 9.70. The van der Waals surface area contributed by atoms with Crippen molar-refractivity contribution >= 4 is 27.6 Å². The number of allylic oxidation sites excluding steroid dienone is 1.